The van der Waals surface area contributed by atoms with Crippen LogP contribution in [0.1, 0.15) is 22.3 Å². The van der Waals surface area contributed by atoms with Crippen molar-refractivity contribution >= 4 is 12.4 Å². The van der Waals surface area contributed by atoms with Gasteiger partial charge in [-0.25, -0.2) is 0 Å². The van der Waals surface area contributed by atoms with Gasteiger partial charge in [-0.2, -0.15) is 0 Å². The second-order valence-corrected chi connectivity index (χ2v) is 4.89. The fourth-order valence-corrected chi connectivity index (χ4v) is 1.88. The van der Waals surface area contributed by atoms with E-state index < -0.39 is 0 Å². The highest BCUT2D eigenvalue weighted by Crippen LogP contribution is 2.16. The number of hydrogen-bond donors (Lipinski definition) is 2. The van der Waals surface area contributed by atoms with Crippen LogP contribution in [0.15, 0.2) is 46.4 Å². The first-order valence-corrected chi connectivity index (χ1v) is 6.65. The third kappa shape index (κ3) is 4.18. The van der Waals surface area contributed by atoms with Crippen LogP contribution in [-0.2, 0) is 0 Å². The van der Waals surface area contributed by atoms with Crippen molar-refractivity contribution in [2.45, 2.75) is 13.8 Å². The lowest BCUT2D eigenvalue weighted by atomic mass is 10.1. The molecule has 4 heteroatoms. The maximum Gasteiger partial charge on any atom is 0.129 e. The standard InChI is InChI=1S/C17H18N2O2/c1-12-3-5-16(20)14(7-12)9-18-11-19-10-15-8-13(2)4-6-17(15)21/h3-10,20-21H,11H2,1-2H3. The van der Waals surface area contributed by atoms with E-state index in [4.69, 9.17) is 0 Å². The Morgan fingerprint density at radius 2 is 1.24 bits per heavy atom. The number of nitrogens with zero attached hydrogens (tertiary/aromatic N) is 2. The normalized spacial score (nSPS) is 11.5. The van der Waals surface area contributed by atoms with Crippen LogP contribution in [0.5, 0.6) is 11.5 Å². The molecule has 2 N–H and O–H groups in total. The minimum Gasteiger partial charge on any atom is -0.507 e. The highest BCUT2D eigenvalue weighted by molar-refractivity contribution is 5.85. The maximum atomic E-state index is 9.67. The second-order valence-electron chi connectivity index (χ2n) is 4.89. The summed E-state index contributed by atoms with van der Waals surface area (Å²) in [6.07, 6.45) is 3.19. The van der Waals surface area contributed by atoms with Gasteiger partial charge in [0.05, 0.1) is 0 Å². The van der Waals surface area contributed by atoms with Gasteiger partial charge in [0.1, 0.15) is 18.2 Å². The molecule has 0 spiro atoms. The van der Waals surface area contributed by atoms with E-state index in [2.05, 4.69) is 9.98 Å². The first-order chi connectivity index (χ1) is 10.1. The summed E-state index contributed by atoms with van der Waals surface area (Å²) >= 11 is 0. The lowest BCUT2D eigenvalue weighted by Crippen LogP contribution is -1.88. The Bertz CT molecular complexity index is 632. The molecule has 2 aromatic carbocycles. The Kier molecular flexibility index (Phi) is 4.72. The van der Waals surface area contributed by atoms with Gasteiger partial charge in [-0.3, -0.25) is 9.98 Å². The predicted octanol–water partition coefficient (Wildman–Crippen LogP) is 3.21. The van der Waals surface area contributed by atoms with Gasteiger partial charge in [0.15, 0.2) is 0 Å². The zero-order valence-corrected chi connectivity index (χ0v) is 12.1. The van der Waals surface area contributed by atoms with E-state index in [-0.39, 0.29) is 18.2 Å². The molecular weight excluding hydrogens is 264 g/mol. The SMILES string of the molecule is Cc1ccc(O)c(C=NCN=Cc2cc(C)ccc2O)c1. The quantitative estimate of drug-likeness (QED) is 0.846. The predicted molar refractivity (Wildman–Crippen MR) is 85.7 cm³/mol. The van der Waals surface area contributed by atoms with Crippen molar-refractivity contribution in [3.63, 3.8) is 0 Å². The van der Waals surface area contributed by atoms with Gasteiger partial charge in [-0.05, 0) is 38.1 Å². The summed E-state index contributed by atoms with van der Waals surface area (Å²) in [5.74, 6) is 0.398. The van der Waals surface area contributed by atoms with Crippen LogP contribution in [0.25, 0.3) is 0 Å². The zero-order chi connectivity index (χ0) is 15.2. The molecular formula is C17H18N2O2. The third-order valence-electron chi connectivity index (χ3n) is 2.99. The Hall–Kier alpha value is -2.62. The van der Waals surface area contributed by atoms with E-state index in [9.17, 15) is 10.2 Å². The summed E-state index contributed by atoms with van der Waals surface area (Å²) < 4.78 is 0. The lowest BCUT2D eigenvalue weighted by molar-refractivity contribution is 0.474. The minimum atomic E-state index is 0.199. The van der Waals surface area contributed by atoms with Crippen molar-refractivity contribution in [1.29, 1.82) is 0 Å². The highest BCUT2D eigenvalue weighted by Gasteiger charge is 1.98. The van der Waals surface area contributed by atoms with Crippen LogP contribution >= 0.6 is 0 Å². The first-order valence-electron chi connectivity index (χ1n) is 6.65. The van der Waals surface area contributed by atoms with E-state index in [0.717, 1.165) is 11.1 Å². The molecule has 0 aliphatic rings. The van der Waals surface area contributed by atoms with E-state index in [1.165, 1.54) is 0 Å². The molecule has 0 saturated carbocycles. The summed E-state index contributed by atoms with van der Waals surface area (Å²) in [7, 11) is 0. The second kappa shape index (κ2) is 6.70. The Balaban J connectivity index is 2.00. The Morgan fingerprint density at radius 3 is 1.67 bits per heavy atom. The Labute approximate surface area is 124 Å². The molecule has 0 unspecified atom stereocenters. The molecule has 0 aliphatic heterocycles. The molecule has 4 nitrogen and oxygen atoms in total. The average Bonchev–Trinajstić information content (AvgIpc) is 2.45. The van der Waals surface area contributed by atoms with Crippen molar-refractivity contribution in [1.82, 2.24) is 0 Å². The summed E-state index contributed by atoms with van der Waals surface area (Å²) in [5.41, 5.74) is 3.46. The lowest BCUT2D eigenvalue weighted by Gasteiger charge is -2.00. The number of benzene rings is 2. The average molecular weight is 282 g/mol. The van der Waals surface area contributed by atoms with Crippen LogP contribution in [0.3, 0.4) is 0 Å². The highest BCUT2D eigenvalue weighted by atomic mass is 16.3. The van der Waals surface area contributed by atoms with Crippen molar-refractivity contribution in [2.24, 2.45) is 9.98 Å². The number of aliphatic imine (C=N–C) groups is 2. The largest absolute Gasteiger partial charge is 0.507 e. The van der Waals surface area contributed by atoms with Crippen LogP contribution in [-0.4, -0.2) is 29.3 Å². The van der Waals surface area contributed by atoms with Gasteiger partial charge in [0.25, 0.3) is 0 Å². The molecule has 2 rings (SSSR count). The van der Waals surface area contributed by atoms with Gasteiger partial charge in [-0.15, -0.1) is 0 Å². The molecule has 0 aromatic heterocycles. The van der Waals surface area contributed by atoms with Gasteiger partial charge >= 0.3 is 0 Å². The molecule has 0 atom stereocenters. The number of rotatable bonds is 4. The van der Waals surface area contributed by atoms with Crippen molar-refractivity contribution in [2.75, 3.05) is 6.67 Å². The zero-order valence-electron chi connectivity index (χ0n) is 12.1. The van der Waals surface area contributed by atoms with Gasteiger partial charge in [-0.1, -0.05) is 23.3 Å². The monoisotopic (exact) mass is 282 g/mol. The Morgan fingerprint density at radius 1 is 0.810 bits per heavy atom. The summed E-state index contributed by atoms with van der Waals surface area (Å²) in [4.78, 5) is 8.29. The van der Waals surface area contributed by atoms with Crippen molar-refractivity contribution in [3.8, 4) is 11.5 Å². The summed E-state index contributed by atoms with van der Waals surface area (Å²) in [5, 5.41) is 19.3. The molecule has 0 aliphatic carbocycles. The number of phenolic OH excluding ortho intramolecular Hbond substituents is 2. The minimum absolute atomic E-state index is 0.199. The first kappa shape index (κ1) is 14.8. The van der Waals surface area contributed by atoms with E-state index in [1.807, 2.05) is 38.1 Å². The molecule has 108 valence electrons. The van der Waals surface area contributed by atoms with Crippen molar-refractivity contribution < 1.29 is 10.2 Å². The number of phenols is 2. The fourth-order valence-electron chi connectivity index (χ4n) is 1.88. The summed E-state index contributed by atoms with van der Waals surface area (Å²) in [6, 6.07) is 10.7. The molecule has 0 heterocycles. The molecule has 2 aromatic rings. The molecule has 0 bridgehead atoms. The number of aromatic hydroxyl groups is 2. The molecule has 0 saturated heterocycles. The van der Waals surface area contributed by atoms with Crippen LogP contribution in [0.2, 0.25) is 0 Å². The summed E-state index contributed by atoms with van der Waals surface area (Å²) in [6.45, 7) is 4.14. The maximum absolute atomic E-state index is 9.67. The smallest absolute Gasteiger partial charge is 0.129 e. The number of hydrogen-bond acceptors (Lipinski definition) is 4. The third-order valence-corrected chi connectivity index (χ3v) is 2.99. The number of aryl methyl sites for hydroxylation is 2. The topological polar surface area (TPSA) is 65.2 Å². The van der Waals surface area contributed by atoms with E-state index >= 15 is 0 Å². The molecule has 0 radical (unpaired) electrons. The molecule has 0 fully saturated rings. The van der Waals surface area contributed by atoms with Gasteiger partial charge in [0.2, 0.25) is 0 Å². The van der Waals surface area contributed by atoms with Crippen LogP contribution in [0, 0.1) is 13.8 Å². The van der Waals surface area contributed by atoms with Gasteiger partial charge in [0, 0.05) is 23.6 Å². The fraction of sp³-hybridized carbons (Fsp3) is 0.176. The van der Waals surface area contributed by atoms with E-state index in [1.54, 1.807) is 24.6 Å². The van der Waals surface area contributed by atoms with Gasteiger partial charge < -0.3 is 10.2 Å². The van der Waals surface area contributed by atoms with Crippen LogP contribution in [0.4, 0.5) is 0 Å². The van der Waals surface area contributed by atoms with Crippen molar-refractivity contribution in [3.05, 3.63) is 58.7 Å². The molecule has 21 heavy (non-hydrogen) atoms. The van der Waals surface area contributed by atoms with Crippen LogP contribution < -0.4 is 0 Å². The molecule has 0 amide bonds. The van der Waals surface area contributed by atoms with E-state index in [0.29, 0.717) is 11.1 Å².